The number of rotatable bonds is 15. The second-order valence-electron chi connectivity index (χ2n) is 23.0. The van der Waals surface area contributed by atoms with Crippen LogP contribution in [0, 0.1) is 29.6 Å². The van der Waals surface area contributed by atoms with Crippen molar-refractivity contribution >= 4 is 59.1 Å². The molecular weight excluding hydrogens is 1020 g/mol. The third-order valence-electron chi connectivity index (χ3n) is 15.5. The zero-order chi connectivity index (χ0) is 59.3. The molecule has 79 heavy (non-hydrogen) atoms. The maximum atomic E-state index is 15.0. The Balaban J connectivity index is 1.89. The summed E-state index contributed by atoms with van der Waals surface area (Å²) in [5.74, 6) is -10.3. The van der Waals surface area contributed by atoms with Crippen molar-refractivity contribution < 1.29 is 72.4 Å². The molecule has 0 spiro atoms. The molecule has 1 aromatic rings. The molecule has 0 aliphatic carbocycles. The number of hydrogen-bond donors (Lipinski definition) is 5. The van der Waals surface area contributed by atoms with Crippen molar-refractivity contribution in [2.45, 2.75) is 201 Å². The molecule has 5 N–H and O–H groups in total. The molecule has 1 aromatic carbocycles. The number of likely N-dealkylation sites (tertiary alicyclic amines) is 1. The first kappa shape index (κ1) is 65.4. The molecule has 3 aliphatic rings. The highest BCUT2D eigenvalue weighted by molar-refractivity contribution is 6.05. The number of ether oxygens (including phenoxy) is 3. The molecule has 0 radical (unpaired) electrons. The third kappa shape index (κ3) is 16.9. The van der Waals surface area contributed by atoms with E-state index in [0.717, 1.165) is 0 Å². The van der Waals surface area contributed by atoms with Crippen LogP contribution in [0.2, 0.25) is 0 Å². The van der Waals surface area contributed by atoms with Gasteiger partial charge in [-0.05, 0) is 101 Å². The van der Waals surface area contributed by atoms with Gasteiger partial charge in [-0.15, -0.1) is 0 Å². The summed E-state index contributed by atoms with van der Waals surface area (Å²) in [5.41, 5.74) is 0.571. The van der Waals surface area contributed by atoms with Crippen LogP contribution in [0.3, 0.4) is 0 Å². The molecule has 22 nitrogen and oxygen atoms in total. The normalized spacial score (nSPS) is 27.7. The molecule has 0 saturated carbocycles. The van der Waals surface area contributed by atoms with Gasteiger partial charge in [0.25, 0.3) is 5.91 Å². The van der Waals surface area contributed by atoms with E-state index in [9.17, 15) is 53.4 Å². The summed E-state index contributed by atoms with van der Waals surface area (Å²) < 4.78 is 17.2. The molecular formula is C57H89N7O15. The largest absolute Gasteiger partial charge is 0.497 e. The summed E-state index contributed by atoms with van der Waals surface area (Å²) in [6.45, 7) is 18.4. The number of benzene rings is 1. The van der Waals surface area contributed by atoms with E-state index < -0.39 is 150 Å². The number of Topliss-reactive ketones (excluding diaryl/α,β-unsaturated/α-hetero) is 1. The number of aliphatic hydroxyl groups excluding tert-OH is 2. The van der Waals surface area contributed by atoms with Gasteiger partial charge in [0.15, 0.2) is 11.9 Å². The molecule has 4 rings (SSSR count). The van der Waals surface area contributed by atoms with Crippen LogP contribution in [0.1, 0.15) is 133 Å². The van der Waals surface area contributed by atoms with Crippen LogP contribution in [0.4, 0.5) is 0 Å². The number of hydrogen-bond acceptors (Lipinski definition) is 15. The summed E-state index contributed by atoms with van der Waals surface area (Å²) >= 11 is 0. The number of aliphatic hydroxyl groups is 2. The van der Waals surface area contributed by atoms with Crippen molar-refractivity contribution in [1.82, 2.24) is 35.6 Å². The predicted molar refractivity (Wildman–Crippen MR) is 290 cm³/mol. The summed E-state index contributed by atoms with van der Waals surface area (Å²) in [4.78, 5) is 149. The number of cyclic esters (lactones) is 2. The first-order chi connectivity index (χ1) is 37.0. The van der Waals surface area contributed by atoms with E-state index in [0.29, 0.717) is 30.6 Å². The molecule has 7 amide bonds. The Hall–Kier alpha value is -6.16. The lowest BCUT2D eigenvalue weighted by molar-refractivity contribution is -0.163. The van der Waals surface area contributed by atoms with Crippen molar-refractivity contribution in [3.63, 3.8) is 0 Å². The standard InChI is InChI=1S/C57H89N7O15/c1-15-33(8)46-44(66)29-45(67)79-49(32(6)7)48(68)34(9)50(69)58-39(26-30(2)3)54(73)64-25-17-19-41(64)56(75)62(13)43(28-37-20-22-38(77-14)23-21-37)57(76)78-36(11)47(52(71)59-46)60-51(70)42(27-31(4)5)61(12)55(74)40-18-16-24-63(40)53(72)35(10)65/h20-23,30-36,39-44,46-47,49,65-66H,15-19,24-29H2,1-14H3,(H,58,69)(H,59,71)(H,60,70)/t33-,34-,35?,36+,39-,40+,41-,42+,43-,44-,46+,47-,49-/m0/s1. The summed E-state index contributed by atoms with van der Waals surface area (Å²) in [6, 6.07) is -2.19. The fourth-order valence-electron chi connectivity index (χ4n) is 10.5. The topological polar surface area (TPSA) is 288 Å². The summed E-state index contributed by atoms with van der Waals surface area (Å²) in [7, 11) is 4.29. The highest BCUT2D eigenvalue weighted by atomic mass is 16.6. The Morgan fingerprint density at radius 1 is 0.861 bits per heavy atom. The van der Waals surface area contributed by atoms with E-state index in [2.05, 4.69) is 16.0 Å². The van der Waals surface area contributed by atoms with Gasteiger partial charge in [-0.2, -0.15) is 0 Å². The monoisotopic (exact) mass is 1110 g/mol. The van der Waals surface area contributed by atoms with E-state index in [4.69, 9.17) is 14.2 Å². The second kappa shape index (κ2) is 29.3. The Morgan fingerprint density at radius 3 is 2.06 bits per heavy atom. The van der Waals surface area contributed by atoms with Gasteiger partial charge in [0, 0.05) is 33.6 Å². The fraction of sp³-hybridized carbons (Fsp3) is 0.719. The van der Waals surface area contributed by atoms with Gasteiger partial charge in [0.2, 0.25) is 35.4 Å². The molecule has 3 heterocycles. The first-order valence-electron chi connectivity index (χ1n) is 28.0. The number of methoxy groups -OCH3 is 1. The maximum Gasteiger partial charge on any atom is 0.329 e. The van der Waals surface area contributed by atoms with E-state index in [1.165, 1.54) is 61.6 Å². The average molecular weight is 1110 g/mol. The van der Waals surface area contributed by atoms with Crippen LogP contribution in [-0.4, -0.2) is 190 Å². The lowest BCUT2D eigenvalue weighted by Gasteiger charge is -2.36. The molecule has 3 saturated heterocycles. The fourth-order valence-corrected chi connectivity index (χ4v) is 10.5. The van der Waals surface area contributed by atoms with Gasteiger partial charge in [0.05, 0.1) is 31.6 Å². The molecule has 1 unspecified atom stereocenters. The molecule has 3 aliphatic heterocycles. The summed E-state index contributed by atoms with van der Waals surface area (Å²) in [5, 5.41) is 30.2. The van der Waals surface area contributed by atoms with Gasteiger partial charge in [-0.1, -0.05) is 73.9 Å². The number of likely N-dealkylation sites (N-methyl/N-ethyl adjacent to an activating group) is 2. The van der Waals surface area contributed by atoms with Crippen LogP contribution >= 0.6 is 0 Å². The Labute approximate surface area is 465 Å². The van der Waals surface area contributed by atoms with Crippen molar-refractivity contribution in [3.05, 3.63) is 29.8 Å². The maximum absolute atomic E-state index is 15.0. The number of esters is 2. The minimum Gasteiger partial charge on any atom is -0.497 e. The number of nitrogens with zero attached hydrogens (tertiary/aromatic N) is 4. The van der Waals surface area contributed by atoms with Crippen LogP contribution in [0.5, 0.6) is 5.75 Å². The van der Waals surface area contributed by atoms with Gasteiger partial charge >= 0.3 is 11.9 Å². The number of fused-ring (bicyclic) bond motifs is 1. The highest BCUT2D eigenvalue weighted by Gasteiger charge is 2.46. The van der Waals surface area contributed by atoms with E-state index in [-0.39, 0.29) is 57.0 Å². The SMILES string of the molecule is CC[C@H](C)[C@H]1NC(=O)[C@@H](NC(=O)[C@@H](CC(C)C)N(C)C(=O)[C@H]2CCCN2C(=O)C(C)O)[C@@H](C)OC(=O)[C@H](Cc2ccc(OC)cc2)N(C)C(=O)[C@@H]2CCCN2C(=O)[C@H](CC(C)C)NC(=O)[C@@H](C)C(=O)[C@H](C(C)C)OC(=O)C[C@@H]1O. The number of carbonyl (C=O) groups is 10. The van der Waals surface area contributed by atoms with Crippen molar-refractivity contribution in [2.75, 3.05) is 34.3 Å². The van der Waals surface area contributed by atoms with Gasteiger partial charge in [-0.3, -0.25) is 43.2 Å². The molecule has 13 atom stereocenters. The molecule has 22 heteroatoms. The zero-order valence-corrected chi connectivity index (χ0v) is 48.8. The van der Waals surface area contributed by atoms with Crippen LogP contribution in [0.15, 0.2) is 24.3 Å². The van der Waals surface area contributed by atoms with Gasteiger partial charge in [-0.25, -0.2) is 4.79 Å². The molecule has 3 fully saturated rings. The van der Waals surface area contributed by atoms with Crippen LogP contribution in [0.25, 0.3) is 0 Å². The van der Waals surface area contributed by atoms with Gasteiger partial charge < -0.3 is 60.0 Å². The predicted octanol–water partition coefficient (Wildman–Crippen LogP) is 2.32. The molecule has 0 aromatic heterocycles. The zero-order valence-electron chi connectivity index (χ0n) is 48.8. The molecule has 442 valence electrons. The van der Waals surface area contributed by atoms with Crippen molar-refractivity contribution in [2.24, 2.45) is 29.6 Å². The second-order valence-corrected chi connectivity index (χ2v) is 23.0. The number of nitrogens with one attached hydrogen (secondary N) is 3. The van der Waals surface area contributed by atoms with Crippen molar-refractivity contribution in [3.8, 4) is 5.75 Å². The first-order valence-corrected chi connectivity index (χ1v) is 28.0. The van der Waals surface area contributed by atoms with Crippen molar-refractivity contribution in [1.29, 1.82) is 0 Å². The lowest BCUT2D eigenvalue weighted by Crippen LogP contribution is -2.62. The van der Waals surface area contributed by atoms with E-state index in [1.54, 1.807) is 52.0 Å². The summed E-state index contributed by atoms with van der Waals surface area (Å²) in [6.07, 6.45) is -4.99. The minimum atomic E-state index is -1.76. The third-order valence-corrected chi connectivity index (χ3v) is 15.5. The lowest BCUT2D eigenvalue weighted by atomic mass is 9.91. The van der Waals surface area contributed by atoms with Gasteiger partial charge in [0.1, 0.15) is 54.2 Å². The Kier molecular flexibility index (Phi) is 24.3. The highest BCUT2D eigenvalue weighted by Crippen LogP contribution is 2.27. The Morgan fingerprint density at radius 2 is 1.49 bits per heavy atom. The number of amides is 7. The number of ketones is 1. The van der Waals surface area contributed by atoms with Crippen LogP contribution < -0.4 is 20.7 Å². The average Bonchev–Trinajstić information content (AvgIpc) is 4.13. The molecule has 0 bridgehead atoms. The Bertz CT molecular complexity index is 2330. The van der Waals surface area contributed by atoms with E-state index >= 15 is 4.79 Å². The minimum absolute atomic E-state index is 0.0720. The van der Waals surface area contributed by atoms with Crippen LogP contribution in [-0.2, 0) is 63.8 Å². The van der Waals surface area contributed by atoms with E-state index in [1.807, 2.05) is 27.7 Å². The quantitative estimate of drug-likeness (QED) is 0.124. The number of carbonyl (C=O) groups excluding carboxylic acids is 10. The smallest absolute Gasteiger partial charge is 0.329 e.